The average molecular weight is 351 g/mol. The maximum Gasteiger partial charge on any atom is 0.251 e. The lowest BCUT2D eigenvalue weighted by molar-refractivity contribution is 0.1000. The van der Waals surface area contributed by atoms with Crippen molar-refractivity contribution in [3.63, 3.8) is 0 Å². The van der Waals surface area contributed by atoms with Gasteiger partial charge in [0.15, 0.2) is 0 Å². The molecule has 0 radical (unpaired) electrons. The monoisotopic (exact) mass is 351 g/mol. The minimum absolute atomic E-state index is 0.338. The number of carbonyl (C=O) groups is 1. The Morgan fingerprint density at radius 1 is 1.23 bits per heavy atom. The molecule has 0 aliphatic rings. The number of halogens is 1. The number of amides is 1. The summed E-state index contributed by atoms with van der Waals surface area (Å²) >= 11 is 0. The van der Waals surface area contributed by atoms with E-state index in [1.807, 2.05) is 31.2 Å². The van der Waals surface area contributed by atoms with Crippen molar-refractivity contribution in [3.05, 3.63) is 77.1 Å². The Bertz CT molecular complexity index is 932. The van der Waals surface area contributed by atoms with Gasteiger partial charge in [0.2, 0.25) is 0 Å². The van der Waals surface area contributed by atoms with Gasteiger partial charge >= 0.3 is 0 Å². The van der Waals surface area contributed by atoms with E-state index in [1.54, 1.807) is 12.3 Å². The lowest BCUT2D eigenvalue weighted by Crippen LogP contribution is -2.14. The molecule has 5 heteroatoms. The summed E-state index contributed by atoms with van der Waals surface area (Å²) < 4.78 is 15.9. The van der Waals surface area contributed by atoms with E-state index in [1.165, 1.54) is 12.1 Å². The average Bonchev–Trinajstić information content (AvgIpc) is 2.89. The summed E-state index contributed by atoms with van der Waals surface area (Å²) in [5.74, 6) is -0.839. The zero-order valence-corrected chi connectivity index (χ0v) is 15.0. The maximum absolute atomic E-state index is 13.8. The highest BCUT2D eigenvalue weighted by molar-refractivity contribution is 6.02. The molecule has 134 valence electrons. The van der Waals surface area contributed by atoms with Crippen LogP contribution >= 0.6 is 0 Å². The number of carbonyl (C=O) groups excluding carboxylic acids is 1. The molecule has 0 unspecified atom stereocenters. The van der Waals surface area contributed by atoms with E-state index in [0.717, 1.165) is 35.5 Å². The Morgan fingerprint density at radius 2 is 2.04 bits per heavy atom. The number of nitrogens with zero attached hydrogens (tertiary/aromatic N) is 2. The van der Waals surface area contributed by atoms with Crippen LogP contribution in [0.25, 0.3) is 11.1 Å². The molecule has 3 rings (SSSR count). The first kappa shape index (κ1) is 17.9. The lowest BCUT2D eigenvalue weighted by atomic mass is 9.98. The van der Waals surface area contributed by atoms with E-state index in [9.17, 15) is 9.18 Å². The van der Waals surface area contributed by atoms with Gasteiger partial charge in [0.05, 0.1) is 17.8 Å². The second-order valence-corrected chi connectivity index (χ2v) is 6.31. The van der Waals surface area contributed by atoms with Crippen molar-refractivity contribution >= 4 is 5.91 Å². The molecule has 1 amide bonds. The summed E-state index contributed by atoms with van der Waals surface area (Å²) in [6.45, 7) is 4.50. The molecular weight excluding hydrogens is 329 g/mol. The number of primary amides is 1. The van der Waals surface area contributed by atoms with Crippen LogP contribution < -0.4 is 5.73 Å². The first-order chi connectivity index (χ1) is 12.5. The molecule has 0 aliphatic heterocycles. The SMILES string of the molecule is CCCc1c(-c2cccc(F)c2)c(C(N)=O)c(C)n1Cc1ccccn1. The summed E-state index contributed by atoms with van der Waals surface area (Å²) in [5.41, 5.74) is 10.2. The number of nitrogens with two attached hydrogens (primary N) is 1. The van der Waals surface area contributed by atoms with Gasteiger partial charge in [0, 0.05) is 23.1 Å². The smallest absolute Gasteiger partial charge is 0.251 e. The van der Waals surface area contributed by atoms with Crippen LogP contribution in [-0.2, 0) is 13.0 Å². The fourth-order valence-corrected chi connectivity index (χ4v) is 3.42. The molecular formula is C21H22FN3O. The molecule has 1 aromatic carbocycles. The fourth-order valence-electron chi connectivity index (χ4n) is 3.42. The molecule has 0 saturated heterocycles. The van der Waals surface area contributed by atoms with E-state index < -0.39 is 5.91 Å². The molecule has 4 nitrogen and oxygen atoms in total. The zero-order valence-electron chi connectivity index (χ0n) is 15.0. The van der Waals surface area contributed by atoms with Gasteiger partial charge in [-0.2, -0.15) is 0 Å². The van der Waals surface area contributed by atoms with Gasteiger partial charge in [-0.3, -0.25) is 9.78 Å². The summed E-state index contributed by atoms with van der Waals surface area (Å²) in [4.78, 5) is 16.6. The number of pyridine rings is 1. The van der Waals surface area contributed by atoms with Gasteiger partial charge in [-0.25, -0.2) is 4.39 Å². The molecule has 2 aromatic heterocycles. The summed E-state index contributed by atoms with van der Waals surface area (Å²) in [7, 11) is 0. The Hall–Kier alpha value is -2.95. The Balaban J connectivity index is 2.24. The quantitative estimate of drug-likeness (QED) is 0.727. The molecule has 26 heavy (non-hydrogen) atoms. The number of hydrogen-bond acceptors (Lipinski definition) is 2. The molecule has 0 fully saturated rings. The van der Waals surface area contributed by atoms with Crippen molar-refractivity contribution < 1.29 is 9.18 Å². The Kier molecular flexibility index (Phi) is 5.16. The third-order valence-electron chi connectivity index (χ3n) is 4.52. The van der Waals surface area contributed by atoms with Crippen molar-refractivity contribution in [1.82, 2.24) is 9.55 Å². The highest BCUT2D eigenvalue weighted by Gasteiger charge is 2.24. The molecule has 3 aromatic rings. The number of hydrogen-bond donors (Lipinski definition) is 1. The van der Waals surface area contributed by atoms with E-state index in [0.29, 0.717) is 17.7 Å². The second-order valence-electron chi connectivity index (χ2n) is 6.31. The first-order valence-electron chi connectivity index (χ1n) is 8.70. The normalized spacial score (nSPS) is 10.9. The van der Waals surface area contributed by atoms with Gasteiger partial charge in [0.25, 0.3) is 5.91 Å². The highest BCUT2D eigenvalue weighted by atomic mass is 19.1. The van der Waals surface area contributed by atoms with Gasteiger partial charge in [0.1, 0.15) is 5.82 Å². The van der Waals surface area contributed by atoms with Gasteiger partial charge < -0.3 is 10.3 Å². The van der Waals surface area contributed by atoms with Crippen LogP contribution in [0.2, 0.25) is 0 Å². The largest absolute Gasteiger partial charge is 0.366 e. The van der Waals surface area contributed by atoms with E-state index in [-0.39, 0.29) is 5.82 Å². The van der Waals surface area contributed by atoms with Crippen molar-refractivity contribution in [3.8, 4) is 11.1 Å². The van der Waals surface area contributed by atoms with Crippen molar-refractivity contribution in [1.29, 1.82) is 0 Å². The number of aromatic nitrogens is 2. The van der Waals surface area contributed by atoms with E-state index >= 15 is 0 Å². The van der Waals surface area contributed by atoms with Crippen molar-refractivity contribution in [2.24, 2.45) is 5.73 Å². The van der Waals surface area contributed by atoms with Crippen LogP contribution in [-0.4, -0.2) is 15.5 Å². The molecule has 0 spiro atoms. The van der Waals surface area contributed by atoms with Gasteiger partial charge in [-0.1, -0.05) is 31.5 Å². The summed E-state index contributed by atoms with van der Waals surface area (Å²) in [6, 6.07) is 12.1. The molecule has 2 N–H and O–H groups in total. The van der Waals surface area contributed by atoms with Crippen molar-refractivity contribution in [2.75, 3.05) is 0 Å². The Labute approximate surface area is 152 Å². The van der Waals surface area contributed by atoms with Crippen LogP contribution in [0.4, 0.5) is 4.39 Å². The van der Waals surface area contributed by atoms with Crippen LogP contribution in [0.5, 0.6) is 0 Å². The van der Waals surface area contributed by atoms with Gasteiger partial charge in [-0.05, 0) is 43.2 Å². The molecule has 0 saturated carbocycles. The minimum atomic E-state index is -0.501. The number of benzene rings is 1. The minimum Gasteiger partial charge on any atom is -0.366 e. The van der Waals surface area contributed by atoms with E-state index in [2.05, 4.69) is 16.5 Å². The molecule has 0 atom stereocenters. The standard InChI is InChI=1S/C21H22FN3O/c1-3-7-18-20(15-8-6-9-16(22)12-15)19(21(23)26)14(2)25(18)13-17-10-4-5-11-24-17/h4-6,8-12H,3,7,13H2,1-2H3,(H2,23,26). The number of rotatable bonds is 6. The fraction of sp³-hybridized carbons (Fsp3) is 0.238. The molecule has 0 aliphatic carbocycles. The predicted octanol–water partition coefficient (Wildman–Crippen LogP) is 4.10. The van der Waals surface area contributed by atoms with Crippen LogP contribution in [0, 0.1) is 12.7 Å². The molecule has 0 bridgehead atoms. The van der Waals surface area contributed by atoms with E-state index in [4.69, 9.17) is 5.73 Å². The first-order valence-corrected chi connectivity index (χ1v) is 8.70. The lowest BCUT2D eigenvalue weighted by Gasteiger charge is -2.12. The second kappa shape index (κ2) is 7.52. The predicted molar refractivity (Wildman–Crippen MR) is 100 cm³/mol. The van der Waals surface area contributed by atoms with Gasteiger partial charge in [-0.15, -0.1) is 0 Å². The summed E-state index contributed by atoms with van der Waals surface area (Å²) in [6.07, 6.45) is 3.40. The maximum atomic E-state index is 13.8. The van der Waals surface area contributed by atoms with Crippen LogP contribution in [0.15, 0.2) is 48.7 Å². The molecule has 2 heterocycles. The Morgan fingerprint density at radius 3 is 2.65 bits per heavy atom. The van der Waals surface area contributed by atoms with Crippen LogP contribution in [0.1, 0.15) is 40.8 Å². The highest BCUT2D eigenvalue weighted by Crippen LogP contribution is 2.34. The zero-order chi connectivity index (χ0) is 18.7. The third kappa shape index (κ3) is 3.38. The van der Waals surface area contributed by atoms with Crippen molar-refractivity contribution in [2.45, 2.75) is 33.2 Å². The van der Waals surface area contributed by atoms with Crippen LogP contribution in [0.3, 0.4) is 0 Å². The summed E-state index contributed by atoms with van der Waals surface area (Å²) in [5, 5.41) is 0. The third-order valence-corrected chi connectivity index (χ3v) is 4.52. The topological polar surface area (TPSA) is 60.9 Å².